The van der Waals surface area contributed by atoms with E-state index in [0.29, 0.717) is 17.1 Å². The van der Waals surface area contributed by atoms with Crippen LogP contribution in [0, 0.1) is 0 Å². The van der Waals surface area contributed by atoms with Crippen LogP contribution in [0.2, 0.25) is 10.0 Å². The number of carbonyl (C=O) groups excluding carboxylic acids is 2. The Morgan fingerprint density at radius 1 is 1.03 bits per heavy atom. The van der Waals surface area contributed by atoms with Crippen molar-refractivity contribution >= 4 is 50.7 Å². The Balaban J connectivity index is 2.37. The van der Waals surface area contributed by atoms with E-state index in [0.717, 1.165) is 23.4 Å². The summed E-state index contributed by atoms with van der Waals surface area (Å²) >= 11 is 12.5. The van der Waals surface area contributed by atoms with Crippen LogP contribution >= 0.6 is 23.2 Å². The molecule has 33 heavy (non-hydrogen) atoms. The van der Waals surface area contributed by atoms with Crippen molar-refractivity contribution in [3.63, 3.8) is 0 Å². The Hall–Kier alpha value is -2.29. The van der Waals surface area contributed by atoms with Gasteiger partial charge < -0.3 is 10.2 Å². The van der Waals surface area contributed by atoms with E-state index in [9.17, 15) is 18.0 Å². The molecule has 0 aromatic heterocycles. The molecule has 0 aliphatic carbocycles. The van der Waals surface area contributed by atoms with Crippen molar-refractivity contribution in [3.05, 3.63) is 64.1 Å². The highest BCUT2D eigenvalue weighted by molar-refractivity contribution is 7.92. The Morgan fingerprint density at radius 3 is 2.21 bits per heavy atom. The normalized spacial score (nSPS) is 12.2. The van der Waals surface area contributed by atoms with Crippen LogP contribution in [0.1, 0.15) is 32.3 Å². The average molecular weight is 514 g/mol. The zero-order valence-corrected chi connectivity index (χ0v) is 21.3. The van der Waals surface area contributed by atoms with Crippen molar-refractivity contribution in [1.29, 1.82) is 0 Å². The summed E-state index contributed by atoms with van der Waals surface area (Å²) in [7, 11) is -3.84. The van der Waals surface area contributed by atoms with Gasteiger partial charge in [0.05, 0.1) is 17.0 Å². The van der Waals surface area contributed by atoms with E-state index >= 15 is 0 Å². The third-order valence-electron chi connectivity index (χ3n) is 5.10. The third kappa shape index (κ3) is 7.62. The Morgan fingerprint density at radius 2 is 1.64 bits per heavy atom. The first-order valence-electron chi connectivity index (χ1n) is 10.6. The predicted octanol–water partition coefficient (Wildman–Crippen LogP) is 4.09. The zero-order valence-electron chi connectivity index (χ0n) is 18.9. The molecule has 2 aromatic carbocycles. The van der Waals surface area contributed by atoms with Crippen LogP contribution in [0.15, 0.2) is 48.5 Å². The summed E-state index contributed by atoms with van der Waals surface area (Å²) in [6, 6.07) is 12.5. The monoisotopic (exact) mass is 513 g/mol. The van der Waals surface area contributed by atoms with Gasteiger partial charge in [0.15, 0.2) is 0 Å². The van der Waals surface area contributed by atoms with Crippen molar-refractivity contribution < 1.29 is 18.0 Å². The number of amides is 2. The fourth-order valence-electron chi connectivity index (χ4n) is 3.18. The second-order valence-corrected chi connectivity index (χ2v) is 10.4. The average Bonchev–Trinajstić information content (AvgIpc) is 2.76. The van der Waals surface area contributed by atoms with Crippen LogP contribution in [-0.4, -0.2) is 50.5 Å². The molecule has 2 amide bonds. The molecule has 0 saturated carbocycles. The molecule has 0 heterocycles. The summed E-state index contributed by atoms with van der Waals surface area (Å²) in [5.74, 6) is -0.883. The third-order valence-corrected chi connectivity index (χ3v) is 6.91. The highest BCUT2D eigenvalue weighted by Crippen LogP contribution is 2.27. The molecule has 0 spiro atoms. The molecule has 0 unspecified atom stereocenters. The first kappa shape index (κ1) is 27.0. The predicted molar refractivity (Wildman–Crippen MR) is 133 cm³/mol. The van der Waals surface area contributed by atoms with E-state index in [1.54, 1.807) is 49.4 Å². The van der Waals surface area contributed by atoms with Crippen molar-refractivity contribution in [2.45, 2.75) is 39.3 Å². The number of halogens is 2. The molecule has 0 aliphatic rings. The van der Waals surface area contributed by atoms with Gasteiger partial charge in [0.2, 0.25) is 21.8 Å². The van der Waals surface area contributed by atoms with Crippen LogP contribution in [0.5, 0.6) is 0 Å². The highest BCUT2D eigenvalue weighted by atomic mass is 35.5. The van der Waals surface area contributed by atoms with E-state index in [4.69, 9.17) is 23.2 Å². The Bertz CT molecular complexity index is 1080. The molecule has 7 nitrogen and oxygen atoms in total. The van der Waals surface area contributed by atoms with Gasteiger partial charge in [-0.1, -0.05) is 66.9 Å². The van der Waals surface area contributed by atoms with Gasteiger partial charge >= 0.3 is 0 Å². The lowest BCUT2D eigenvalue weighted by Gasteiger charge is -2.32. The van der Waals surface area contributed by atoms with Gasteiger partial charge in [-0.2, -0.15) is 0 Å². The van der Waals surface area contributed by atoms with E-state index in [-0.39, 0.29) is 23.2 Å². The highest BCUT2D eigenvalue weighted by Gasteiger charge is 2.30. The van der Waals surface area contributed by atoms with E-state index in [1.807, 2.05) is 6.92 Å². The largest absolute Gasteiger partial charge is 0.354 e. The summed E-state index contributed by atoms with van der Waals surface area (Å²) in [5.41, 5.74) is 0.831. The molecule has 10 heteroatoms. The van der Waals surface area contributed by atoms with Crippen molar-refractivity contribution in [2.24, 2.45) is 0 Å². The number of unbranched alkanes of at least 4 members (excludes halogenated alkanes) is 1. The van der Waals surface area contributed by atoms with Crippen LogP contribution in [0.3, 0.4) is 0 Å². The lowest BCUT2D eigenvalue weighted by Crippen LogP contribution is -2.51. The SMILES string of the molecule is CCCCNC(=O)[C@@H](C)N(Cc1ccccc1Cl)C(=O)CN(c1ccccc1Cl)S(C)(=O)=O. The number of nitrogens with zero attached hydrogens (tertiary/aromatic N) is 2. The minimum absolute atomic E-state index is 0.0427. The van der Waals surface area contributed by atoms with Gasteiger partial charge in [0.1, 0.15) is 12.6 Å². The number of anilines is 1. The van der Waals surface area contributed by atoms with Crippen molar-refractivity contribution in [2.75, 3.05) is 23.7 Å². The standard InChI is InChI=1S/C23H29Cl2N3O4S/c1-4-5-14-26-23(30)17(2)27(15-18-10-6-7-11-19(18)24)22(29)16-28(33(3,31)32)21-13-9-8-12-20(21)25/h6-13,17H,4-5,14-16H2,1-3H3,(H,26,30)/t17-/m1/s1. The Kier molecular flexibility index (Phi) is 10.0. The van der Waals surface area contributed by atoms with Crippen LogP contribution in [0.4, 0.5) is 5.69 Å². The molecule has 180 valence electrons. The zero-order chi connectivity index (χ0) is 24.6. The van der Waals surface area contributed by atoms with Crippen molar-refractivity contribution in [1.82, 2.24) is 10.2 Å². The quantitative estimate of drug-likeness (QED) is 0.458. The topological polar surface area (TPSA) is 86.8 Å². The molecular weight excluding hydrogens is 485 g/mol. The lowest BCUT2D eigenvalue weighted by atomic mass is 10.1. The van der Waals surface area contributed by atoms with Gasteiger partial charge in [0.25, 0.3) is 0 Å². The minimum atomic E-state index is -3.84. The number of hydrogen-bond donors (Lipinski definition) is 1. The van der Waals surface area contributed by atoms with E-state index in [2.05, 4.69) is 5.32 Å². The summed E-state index contributed by atoms with van der Waals surface area (Å²) in [6.45, 7) is 3.64. The number of benzene rings is 2. The van der Waals surface area contributed by atoms with Gasteiger partial charge in [-0.15, -0.1) is 0 Å². The summed E-state index contributed by atoms with van der Waals surface area (Å²) < 4.78 is 26.0. The maximum absolute atomic E-state index is 13.4. The van der Waals surface area contributed by atoms with Crippen LogP contribution < -0.4 is 9.62 Å². The molecular formula is C23H29Cl2N3O4S. The smallest absolute Gasteiger partial charge is 0.244 e. The molecule has 1 N–H and O–H groups in total. The molecule has 2 rings (SSSR count). The van der Waals surface area contributed by atoms with Crippen LogP contribution in [0.25, 0.3) is 0 Å². The van der Waals surface area contributed by atoms with E-state index in [1.165, 1.54) is 11.0 Å². The van der Waals surface area contributed by atoms with Crippen LogP contribution in [-0.2, 0) is 26.2 Å². The molecule has 0 saturated heterocycles. The van der Waals surface area contributed by atoms with E-state index < -0.39 is 28.5 Å². The molecule has 0 radical (unpaired) electrons. The number of para-hydroxylation sites is 1. The minimum Gasteiger partial charge on any atom is -0.354 e. The second kappa shape index (κ2) is 12.3. The number of nitrogens with one attached hydrogen (secondary N) is 1. The maximum atomic E-state index is 13.4. The summed E-state index contributed by atoms with van der Waals surface area (Å²) in [6.07, 6.45) is 2.73. The maximum Gasteiger partial charge on any atom is 0.244 e. The van der Waals surface area contributed by atoms with Gasteiger partial charge in [-0.05, 0) is 37.1 Å². The fraction of sp³-hybridized carbons (Fsp3) is 0.391. The molecule has 0 bridgehead atoms. The molecule has 1 atom stereocenters. The molecule has 2 aromatic rings. The lowest BCUT2D eigenvalue weighted by molar-refractivity contribution is -0.139. The van der Waals surface area contributed by atoms with Crippen molar-refractivity contribution in [3.8, 4) is 0 Å². The fourth-order valence-corrected chi connectivity index (χ4v) is 4.52. The first-order chi connectivity index (χ1) is 15.6. The second-order valence-electron chi connectivity index (χ2n) is 7.65. The number of hydrogen-bond acceptors (Lipinski definition) is 4. The first-order valence-corrected chi connectivity index (χ1v) is 13.2. The number of sulfonamides is 1. The summed E-state index contributed by atoms with van der Waals surface area (Å²) in [4.78, 5) is 27.5. The van der Waals surface area contributed by atoms with Gasteiger partial charge in [-0.25, -0.2) is 8.42 Å². The number of rotatable bonds is 11. The summed E-state index contributed by atoms with van der Waals surface area (Å²) in [5, 5.41) is 3.46. The van der Waals surface area contributed by atoms with Gasteiger partial charge in [-0.3, -0.25) is 13.9 Å². The molecule has 0 fully saturated rings. The van der Waals surface area contributed by atoms with Gasteiger partial charge in [0, 0.05) is 18.1 Å². The molecule has 0 aliphatic heterocycles. The Labute approximate surface area is 205 Å². The number of carbonyl (C=O) groups is 2.